The molecule has 0 bridgehead atoms. The van der Waals surface area contributed by atoms with Crippen LogP contribution in [0.15, 0.2) is 165 Å². The molecule has 136 heavy (non-hydrogen) atoms. The molecular weight excluding hydrogens is 1750 g/mol. The van der Waals surface area contributed by atoms with E-state index in [1.54, 1.807) is 72.7 Å². The number of carbonyl (C=O) groups excluding carboxylic acids is 4. The van der Waals surface area contributed by atoms with E-state index in [1.807, 2.05) is 33.7 Å². The molecule has 4 amide bonds. The topological polar surface area (TPSA) is 299 Å². The lowest BCUT2D eigenvalue weighted by atomic mass is 9.97. The number of pyridine rings is 4. The van der Waals surface area contributed by atoms with Gasteiger partial charge in [0.1, 0.15) is 29.5 Å². The minimum Gasteiger partial charge on any atom is -0.378 e. The van der Waals surface area contributed by atoms with Crippen molar-refractivity contribution in [2.75, 3.05) is 173 Å². The van der Waals surface area contributed by atoms with Gasteiger partial charge in [-0.15, -0.1) is 0 Å². The lowest BCUT2D eigenvalue weighted by Gasteiger charge is -2.46. The predicted molar refractivity (Wildman–Crippen MR) is 511 cm³/mol. The molecule has 0 spiro atoms. The molecule has 12 aliphatic heterocycles. The summed E-state index contributed by atoms with van der Waals surface area (Å²) < 4.78 is 110. The van der Waals surface area contributed by atoms with E-state index in [0.29, 0.717) is 132 Å². The summed E-state index contributed by atoms with van der Waals surface area (Å²) in [5, 5.41) is 28.1. The van der Waals surface area contributed by atoms with Crippen LogP contribution in [0.4, 0.5) is 84.0 Å². The number of ether oxygens (including phenoxy) is 2. The molecular formula is C99H116F6N24O7. The molecule has 37 heteroatoms. The van der Waals surface area contributed by atoms with Gasteiger partial charge in [0.2, 0.25) is 0 Å². The Labute approximate surface area is 786 Å². The number of piperidine rings is 3. The number of aromatic nitrogens is 7. The zero-order valence-corrected chi connectivity index (χ0v) is 77.4. The van der Waals surface area contributed by atoms with Crippen LogP contribution in [0.5, 0.6) is 0 Å². The number of allylic oxidation sites excluding steroid dienone is 4. The highest BCUT2D eigenvalue weighted by molar-refractivity contribution is 6.06. The van der Waals surface area contributed by atoms with Crippen LogP contribution < -0.4 is 61.7 Å². The van der Waals surface area contributed by atoms with Crippen molar-refractivity contribution in [3.63, 3.8) is 0 Å². The van der Waals surface area contributed by atoms with Crippen LogP contribution in [0.25, 0.3) is 22.5 Å². The van der Waals surface area contributed by atoms with Gasteiger partial charge < -0.3 is 95.3 Å². The maximum Gasteiger partial charge on any atom is 0.255 e. The Morgan fingerprint density at radius 2 is 1.04 bits per heavy atom. The lowest BCUT2D eigenvalue weighted by Crippen LogP contribution is -2.59. The second-order valence-corrected chi connectivity index (χ2v) is 36.5. The van der Waals surface area contributed by atoms with Gasteiger partial charge in [0.15, 0.2) is 46.5 Å². The van der Waals surface area contributed by atoms with Crippen LogP contribution in [0, 0.1) is 46.7 Å². The summed E-state index contributed by atoms with van der Waals surface area (Å²) in [5.74, 6) is -2.08. The monoisotopic (exact) mass is 1870 g/mol. The Bertz CT molecular complexity index is 6030. The minimum absolute atomic E-state index is 0.0221. The van der Waals surface area contributed by atoms with Crippen LogP contribution >= 0.6 is 0 Å². The van der Waals surface area contributed by atoms with Crippen molar-refractivity contribution in [3.8, 4) is 22.5 Å². The molecule has 2 unspecified atom stereocenters. The van der Waals surface area contributed by atoms with Gasteiger partial charge in [-0.3, -0.25) is 28.8 Å². The molecule has 8 saturated heterocycles. The van der Waals surface area contributed by atoms with E-state index in [9.17, 15) is 19.2 Å². The Morgan fingerprint density at radius 1 is 0.507 bits per heavy atom. The number of hydrogen-bond acceptors (Lipinski definition) is 26. The number of morpholine rings is 1. The summed E-state index contributed by atoms with van der Waals surface area (Å²) in [5.41, 5.74) is 9.61. The highest BCUT2D eigenvalue weighted by atomic mass is 19.1. The number of carbonyl (C=O) groups is 4. The summed E-state index contributed by atoms with van der Waals surface area (Å²) in [6.45, 7) is 49.5. The second kappa shape index (κ2) is 40.1. The molecule has 716 valence electrons. The van der Waals surface area contributed by atoms with Gasteiger partial charge in [0, 0.05) is 249 Å². The number of nitrogens with one attached hydrogen (secondary N) is 7. The molecule has 20 rings (SSSR count). The zero-order chi connectivity index (χ0) is 95.8. The van der Waals surface area contributed by atoms with Crippen molar-refractivity contribution in [2.45, 2.75) is 115 Å². The van der Waals surface area contributed by atoms with Crippen molar-refractivity contribution in [2.24, 2.45) is 18.9 Å². The minimum atomic E-state index is -0.549. The van der Waals surface area contributed by atoms with Gasteiger partial charge in [0.25, 0.3) is 23.6 Å². The number of anilines is 10. The van der Waals surface area contributed by atoms with E-state index < -0.39 is 40.9 Å². The van der Waals surface area contributed by atoms with Crippen molar-refractivity contribution in [3.05, 3.63) is 240 Å². The number of hydrogen-bond donors (Lipinski definition) is 7. The molecule has 7 N–H and O–H groups in total. The third-order valence-corrected chi connectivity index (χ3v) is 28.2. The molecule has 8 fully saturated rings. The number of amides is 4. The van der Waals surface area contributed by atoms with E-state index in [0.717, 1.165) is 139 Å². The maximum absolute atomic E-state index is 15.7. The molecule has 7 atom stereocenters. The molecule has 31 nitrogen and oxygen atoms in total. The van der Waals surface area contributed by atoms with Crippen LogP contribution in [-0.2, 0) is 42.7 Å². The summed E-state index contributed by atoms with van der Waals surface area (Å²) in [7, 11) is 5.46. The number of rotatable bonds is 24. The first-order chi connectivity index (χ1) is 65.6. The van der Waals surface area contributed by atoms with Gasteiger partial charge >= 0.3 is 0 Å². The van der Waals surface area contributed by atoms with E-state index in [4.69, 9.17) is 14.0 Å². The molecule has 8 aromatic rings. The summed E-state index contributed by atoms with van der Waals surface area (Å²) >= 11 is 0. The quantitative estimate of drug-likeness (QED) is 0.0218. The smallest absolute Gasteiger partial charge is 0.255 e. The molecule has 0 aliphatic carbocycles. The van der Waals surface area contributed by atoms with Crippen molar-refractivity contribution in [1.29, 1.82) is 0 Å². The first-order valence-electron chi connectivity index (χ1n) is 46.3. The normalized spacial score (nSPS) is 21.5. The van der Waals surface area contributed by atoms with E-state index in [-0.39, 0.29) is 125 Å². The maximum atomic E-state index is 15.7. The van der Waals surface area contributed by atoms with Gasteiger partial charge in [-0.05, 0) is 113 Å². The lowest BCUT2D eigenvalue weighted by molar-refractivity contribution is -0.0691. The number of aryl methyl sites for hydroxylation is 1. The van der Waals surface area contributed by atoms with Crippen molar-refractivity contribution in [1.82, 2.24) is 80.6 Å². The van der Waals surface area contributed by atoms with Gasteiger partial charge in [-0.1, -0.05) is 57.8 Å². The Morgan fingerprint density at radius 3 is 1.60 bits per heavy atom. The molecule has 12 aliphatic rings. The van der Waals surface area contributed by atoms with Crippen LogP contribution in [0.1, 0.15) is 116 Å². The zero-order valence-electron chi connectivity index (χ0n) is 77.4. The number of likely N-dealkylation sites (N-methyl/N-ethyl adjacent to an activating group) is 2. The fraction of sp³-hybridized carbons (Fsp3) is 0.414. The Balaban J connectivity index is 0.000000127. The summed E-state index contributed by atoms with van der Waals surface area (Å²) in [4.78, 5) is 89.0. The molecule has 18 heterocycles. The van der Waals surface area contributed by atoms with Gasteiger partial charge in [-0.25, -0.2) is 46.3 Å². The Kier molecular flexibility index (Phi) is 27.7. The third kappa shape index (κ3) is 19.0. The number of halogens is 6. The fourth-order valence-electron chi connectivity index (χ4n) is 20.3. The average molecular weight is 1870 g/mol. The van der Waals surface area contributed by atoms with E-state index in [1.165, 1.54) is 24.6 Å². The molecule has 0 saturated carbocycles. The highest BCUT2D eigenvalue weighted by Gasteiger charge is 2.45. The molecule has 0 radical (unpaired) electrons. The first-order valence-corrected chi connectivity index (χ1v) is 46.3. The van der Waals surface area contributed by atoms with Crippen molar-refractivity contribution < 1.29 is 59.5 Å². The largest absolute Gasteiger partial charge is 0.378 e. The second-order valence-electron chi connectivity index (χ2n) is 36.5. The standard InChI is InChI=1S/C30H37F2N7O2.C28H34F2N6O2.C21H23FN6O.C20H22FN5O2/c1-4-18(2)37-9-5-6-21(15-37)35-29-27(32)23-13-33-30(40)26(23)28(36-29)34-20-7-8-25(24(31)12-20)39-11-10-38(14-19(39)3)22-16-41-17-22;1-5-17(2)36-16-20(8-6-18(36)3)34(4)27-25(30)21-15-31-28(37)24(21)26(33-27)32-19-7-9-23(22(29)14-19)35-10-12-38-13-11-35;1-4-12(2)27-8-14-10-28(11-15(14)9-27)20-18(22)16-6-23-21(29)17(16)19(25-20)13-5-24-26(3)7-13;1-4-12(2)26-7-5-6-14(10-26)25(3)19-17(21)15-9-22-20(27)16(15)18(24-19)13-8-23-28-11-13/h4,7-8,12,19,21-22H,1-2,5-6,9-11,13-17H2,3H3,(H,33,40)(H2,34,35,36);5,7,9,14,18,20H,1-2,6,8,10-13,15-16H2,3-4H3,(H,31,37)(H,32,33);4-5,7,14-15H,1-2,6,8-11H2,3H3,(H,23,29);4,8,11,14H,1-2,5-7,9-10H2,3H3,(H,22,27)/t19-,21+;18-,20+;;14-/m00.1/s1. The van der Waals surface area contributed by atoms with Crippen LogP contribution in [0.3, 0.4) is 0 Å². The summed E-state index contributed by atoms with van der Waals surface area (Å²) in [6.07, 6.45) is 18.7. The number of likely N-dealkylation sites (tertiary alicyclic amines) is 4. The molecule has 2 aromatic carbocycles. The van der Waals surface area contributed by atoms with Crippen LogP contribution in [-0.4, -0.2) is 251 Å². The van der Waals surface area contributed by atoms with E-state index >= 15 is 26.3 Å². The molecule has 6 aromatic heterocycles. The third-order valence-electron chi connectivity index (χ3n) is 28.2. The van der Waals surface area contributed by atoms with E-state index in [2.05, 4.69) is 163 Å². The fourth-order valence-corrected chi connectivity index (χ4v) is 20.3. The number of piperazine rings is 1. The van der Waals surface area contributed by atoms with Gasteiger partial charge in [0.05, 0.1) is 95.4 Å². The number of fused-ring (bicyclic) bond motifs is 5. The Hall–Kier alpha value is -13.7. The van der Waals surface area contributed by atoms with Crippen LogP contribution in [0.2, 0.25) is 0 Å². The SMILES string of the molecule is C=CC(=C)N1CC2CN(c3nc(-c4cnn(C)c4)c4c(c3F)CNC4=O)CC2C1.C=CC(=C)N1CCC[C@@H](N(C)c2nc(-c3cnoc3)c3c(c2F)CNC3=O)C1.C=CC(=C)N1CCC[C@@H](Nc2nc(Nc3ccc(N4CCN(C5COC5)C[C@@H]4C)c(F)c3)c3c(c2F)CNC3=O)C1.C=CC(=C)N1C[C@H](N(C)c2nc(Nc3ccc(N4CCOCC4)c(F)c3)c3c(c2F)CNC3=O)CC[C@@H]1C. The van der Waals surface area contributed by atoms with Crippen molar-refractivity contribution >= 4 is 81.3 Å². The van der Waals surface area contributed by atoms with Gasteiger partial charge in [-0.2, -0.15) is 5.10 Å². The first kappa shape index (κ1) is 94.1. The summed E-state index contributed by atoms with van der Waals surface area (Å²) in [6, 6.07) is 10.6. The number of nitrogens with zero attached hydrogens (tertiary/aromatic N) is 17. The highest BCUT2D eigenvalue weighted by Crippen LogP contribution is 2.44. The average Bonchev–Trinajstić information content (AvgIpc) is 1.59. The number of benzene rings is 2. The predicted octanol–water partition coefficient (Wildman–Crippen LogP) is 12.7.